The Balaban J connectivity index is 2.59. The molecule has 6 heteroatoms. The molecular formula is C9H10BrN5. The lowest BCUT2D eigenvalue weighted by molar-refractivity contribution is 1.02. The topological polar surface area (TPSA) is 82.8 Å². The van der Waals surface area contributed by atoms with Crippen LogP contribution < -0.4 is 11.6 Å². The number of hydrogen-bond donors (Lipinski definition) is 2. The molecule has 78 valence electrons. The first-order valence-corrected chi connectivity index (χ1v) is 5.11. The lowest BCUT2D eigenvalue weighted by atomic mass is 10.1. The minimum Gasteiger partial charge on any atom is -0.366 e. The lowest BCUT2D eigenvalue weighted by Crippen LogP contribution is -2.13. The molecule has 2 rings (SSSR count). The summed E-state index contributed by atoms with van der Waals surface area (Å²) in [6.45, 7) is 1.98. The summed E-state index contributed by atoms with van der Waals surface area (Å²) in [6.07, 6.45) is 0. The van der Waals surface area contributed by atoms with Crippen LogP contribution in [0.4, 0.5) is 5.95 Å². The highest BCUT2D eigenvalue weighted by Gasteiger charge is 2.11. The SMILES string of the molecule is Cc1cc(Br)ccc1-c1nnc(N)n1N. The van der Waals surface area contributed by atoms with Crippen molar-refractivity contribution in [2.24, 2.45) is 0 Å². The molecule has 0 unspecified atom stereocenters. The van der Waals surface area contributed by atoms with Crippen molar-refractivity contribution < 1.29 is 0 Å². The van der Waals surface area contributed by atoms with Gasteiger partial charge in [-0.2, -0.15) is 0 Å². The average Bonchev–Trinajstić information content (AvgIpc) is 2.49. The first-order chi connectivity index (χ1) is 7.09. The van der Waals surface area contributed by atoms with Gasteiger partial charge < -0.3 is 11.6 Å². The molecule has 15 heavy (non-hydrogen) atoms. The number of anilines is 1. The Morgan fingerprint density at radius 1 is 1.33 bits per heavy atom. The van der Waals surface area contributed by atoms with Crippen molar-refractivity contribution in [3.8, 4) is 11.4 Å². The molecule has 0 saturated heterocycles. The quantitative estimate of drug-likeness (QED) is 0.764. The Bertz CT molecular complexity index is 505. The van der Waals surface area contributed by atoms with E-state index in [4.69, 9.17) is 11.6 Å². The fourth-order valence-electron chi connectivity index (χ4n) is 1.37. The van der Waals surface area contributed by atoms with Gasteiger partial charge in [0.15, 0.2) is 5.82 Å². The van der Waals surface area contributed by atoms with Crippen LogP contribution in [-0.2, 0) is 0 Å². The van der Waals surface area contributed by atoms with Crippen LogP contribution in [0.5, 0.6) is 0 Å². The van der Waals surface area contributed by atoms with Crippen LogP contribution in [0.2, 0.25) is 0 Å². The number of halogens is 1. The zero-order valence-corrected chi connectivity index (χ0v) is 9.69. The first-order valence-electron chi connectivity index (χ1n) is 4.32. The van der Waals surface area contributed by atoms with E-state index in [0.717, 1.165) is 15.6 Å². The van der Waals surface area contributed by atoms with Gasteiger partial charge in [-0.1, -0.05) is 15.9 Å². The molecule has 0 aliphatic carbocycles. The molecule has 2 aromatic rings. The Morgan fingerprint density at radius 2 is 2.07 bits per heavy atom. The zero-order chi connectivity index (χ0) is 11.0. The first kappa shape index (κ1) is 9.97. The number of benzene rings is 1. The van der Waals surface area contributed by atoms with Crippen LogP contribution >= 0.6 is 15.9 Å². The van der Waals surface area contributed by atoms with Crippen LogP contribution in [0.15, 0.2) is 22.7 Å². The summed E-state index contributed by atoms with van der Waals surface area (Å²) >= 11 is 3.39. The summed E-state index contributed by atoms with van der Waals surface area (Å²) in [6, 6.07) is 5.83. The minimum absolute atomic E-state index is 0.201. The Kier molecular flexibility index (Phi) is 2.36. The number of hydrogen-bond acceptors (Lipinski definition) is 4. The van der Waals surface area contributed by atoms with Gasteiger partial charge >= 0.3 is 0 Å². The van der Waals surface area contributed by atoms with Crippen molar-refractivity contribution in [3.05, 3.63) is 28.2 Å². The van der Waals surface area contributed by atoms with Crippen molar-refractivity contribution in [3.63, 3.8) is 0 Å². The van der Waals surface area contributed by atoms with Crippen molar-refractivity contribution in [1.29, 1.82) is 0 Å². The third-order valence-corrected chi connectivity index (χ3v) is 2.64. The zero-order valence-electron chi connectivity index (χ0n) is 8.11. The molecule has 0 amide bonds. The van der Waals surface area contributed by atoms with E-state index >= 15 is 0 Å². The Labute approximate surface area is 95.2 Å². The number of nitrogens with two attached hydrogens (primary N) is 2. The smallest absolute Gasteiger partial charge is 0.241 e. The molecule has 4 N–H and O–H groups in total. The fourth-order valence-corrected chi connectivity index (χ4v) is 1.84. The van der Waals surface area contributed by atoms with Gasteiger partial charge in [0, 0.05) is 10.0 Å². The van der Waals surface area contributed by atoms with Crippen LogP contribution in [0, 0.1) is 6.92 Å². The van der Waals surface area contributed by atoms with E-state index in [0.29, 0.717) is 5.82 Å². The van der Waals surface area contributed by atoms with Crippen LogP contribution in [0.3, 0.4) is 0 Å². The standard InChI is InChI=1S/C9H10BrN5/c1-5-4-6(10)2-3-7(5)8-13-14-9(11)15(8)12/h2-4H,12H2,1H3,(H2,11,14). The summed E-state index contributed by atoms with van der Waals surface area (Å²) in [5.74, 6) is 6.46. The van der Waals surface area contributed by atoms with E-state index in [2.05, 4.69) is 26.1 Å². The number of nitrogens with zero attached hydrogens (tertiary/aromatic N) is 3. The van der Waals surface area contributed by atoms with Crippen molar-refractivity contribution >= 4 is 21.9 Å². The molecule has 0 fully saturated rings. The summed E-state index contributed by atoms with van der Waals surface area (Å²) in [5, 5.41) is 7.63. The third kappa shape index (κ3) is 1.68. The normalized spacial score (nSPS) is 10.5. The van der Waals surface area contributed by atoms with E-state index in [1.807, 2.05) is 25.1 Å². The highest BCUT2D eigenvalue weighted by molar-refractivity contribution is 9.10. The lowest BCUT2D eigenvalue weighted by Gasteiger charge is -2.05. The molecule has 1 heterocycles. The van der Waals surface area contributed by atoms with E-state index in [-0.39, 0.29) is 5.95 Å². The van der Waals surface area contributed by atoms with Gasteiger partial charge in [0.25, 0.3) is 0 Å². The minimum atomic E-state index is 0.201. The highest BCUT2D eigenvalue weighted by Crippen LogP contribution is 2.24. The maximum Gasteiger partial charge on any atom is 0.241 e. The molecule has 0 aliphatic rings. The number of aryl methyl sites for hydroxylation is 1. The van der Waals surface area contributed by atoms with E-state index < -0.39 is 0 Å². The molecule has 0 spiro atoms. The van der Waals surface area contributed by atoms with Gasteiger partial charge in [0.1, 0.15) is 0 Å². The monoisotopic (exact) mass is 267 g/mol. The second-order valence-electron chi connectivity index (χ2n) is 3.21. The highest BCUT2D eigenvalue weighted by atomic mass is 79.9. The molecule has 0 saturated carbocycles. The average molecular weight is 268 g/mol. The van der Waals surface area contributed by atoms with Crippen molar-refractivity contribution in [2.45, 2.75) is 6.92 Å². The van der Waals surface area contributed by atoms with E-state index in [9.17, 15) is 0 Å². The molecule has 0 atom stereocenters. The molecule has 0 bridgehead atoms. The molecule has 0 aliphatic heterocycles. The van der Waals surface area contributed by atoms with Gasteiger partial charge in [0.2, 0.25) is 5.95 Å². The van der Waals surface area contributed by atoms with Crippen molar-refractivity contribution in [1.82, 2.24) is 14.9 Å². The van der Waals surface area contributed by atoms with E-state index in [1.54, 1.807) is 0 Å². The maximum atomic E-state index is 5.70. The van der Waals surface area contributed by atoms with Gasteiger partial charge in [-0.25, -0.2) is 4.68 Å². The third-order valence-electron chi connectivity index (χ3n) is 2.15. The molecule has 5 nitrogen and oxygen atoms in total. The van der Waals surface area contributed by atoms with Crippen molar-refractivity contribution in [2.75, 3.05) is 11.6 Å². The second kappa shape index (κ2) is 3.54. The second-order valence-corrected chi connectivity index (χ2v) is 4.13. The number of aromatic nitrogens is 3. The van der Waals surface area contributed by atoms with Crippen LogP contribution in [0.25, 0.3) is 11.4 Å². The number of rotatable bonds is 1. The fraction of sp³-hybridized carbons (Fsp3) is 0.111. The Morgan fingerprint density at radius 3 is 2.60 bits per heavy atom. The summed E-state index contributed by atoms with van der Waals surface area (Å²) in [7, 11) is 0. The number of nitrogen functional groups attached to an aromatic ring is 2. The molecular weight excluding hydrogens is 258 g/mol. The maximum absolute atomic E-state index is 5.70. The van der Waals surface area contributed by atoms with Gasteiger partial charge in [-0.3, -0.25) is 0 Å². The predicted molar refractivity (Wildman–Crippen MR) is 62.5 cm³/mol. The largest absolute Gasteiger partial charge is 0.366 e. The van der Waals surface area contributed by atoms with Gasteiger partial charge in [-0.05, 0) is 30.7 Å². The molecule has 1 aromatic heterocycles. The molecule has 0 radical (unpaired) electrons. The van der Waals surface area contributed by atoms with Crippen LogP contribution in [-0.4, -0.2) is 14.9 Å². The van der Waals surface area contributed by atoms with Crippen LogP contribution in [0.1, 0.15) is 5.56 Å². The summed E-state index contributed by atoms with van der Waals surface area (Å²) in [5.41, 5.74) is 7.49. The Hall–Kier alpha value is -1.56. The van der Waals surface area contributed by atoms with E-state index in [1.165, 1.54) is 4.68 Å². The van der Waals surface area contributed by atoms with Gasteiger partial charge in [0.05, 0.1) is 0 Å². The predicted octanol–water partition coefficient (Wildman–Crippen LogP) is 1.31. The summed E-state index contributed by atoms with van der Waals surface area (Å²) in [4.78, 5) is 0. The van der Waals surface area contributed by atoms with Gasteiger partial charge in [-0.15, -0.1) is 10.2 Å². The summed E-state index contributed by atoms with van der Waals surface area (Å²) < 4.78 is 2.29. The molecule has 1 aromatic carbocycles.